The monoisotopic (exact) mass is 488 g/mol. The minimum absolute atomic E-state index is 0.636. The summed E-state index contributed by atoms with van der Waals surface area (Å²) in [6.45, 7) is 12.9. The normalized spacial score (nSPS) is 37.7. The fraction of sp³-hybridized carbons (Fsp3) is 1.00. The Kier molecular flexibility index (Phi) is 8.44. The third-order valence-electron chi connectivity index (χ3n) is 9.39. The summed E-state index contributed by atoms with van der Waals surface area (Å²) in [5.74, 6) is 9.02. The quantitative estimate of drug-likeness (QED) is 0.260. The summed E-state index contributed by atoms with van der Waals surface area (Å²) in [6.07, 6.45) is 13.8. The zero-order chi connectivity index (χ0) is 19.6. The maximum absolute atomic E-state index is 2.71. The molecule has 7 atom stereocenters. The molecule has 1 heterocycles. The van der Waals surface area contributed by atoms with Gasteiger partial charge in [-0.1, -0.05) is 0 Å². The van der Waals surface area contributed by atoms with Crippen LogP contribution in [0.3, 0.4) is 0 Å². The van der Waals surface area contributed by atoms with E-state index in [1.807, 2.05) is 0 Å². The molecule has 2 saturated carbocycles. The summed E-state index contributed by atoms with van der Waals surface area (Å²) < 4.78 is 3.34. The Morgan fingerprint density at radius 2 is 1.63 bits per heavy atom. The van der Waals surface area contributed by atoms with Gasteiger partial charge in [-0.2, -0.15) is 0 Å². The molecule has 0 N–H and O–H groups in total. The van der Waals surface area contributed by atoms with Gasteiger partial charge in [0.2, 0.25) is 0 Å². The molecule has 0 radical (unpaired) electrons. The van der Waals surface area contributed by atoms with E-state index in [0.29, 0.717) is 0 Å². The molecule has 2 aliphatic carbocycles. The second-order valence-electron chi connectivity index (χ2n) is 11.3. The number of halogens is 1. The predicted octanol–water partition coefficient (Wildman–Crippen LogP) is 8.32. The van der Waals surface area contributed by atoms with Crippen molar-refractivity contribution in [3.8, 4) is 0 Å². The summed E-state index contributed by atoms with van der Waals surface area (Å²) in [6, 6.07) is 0. The molecular formula is C26H49I. The number of fused-ring (bicyclic) bond motifs is 2. The van der Waals surface area contributed by atoms with Gasteiger partial charge >= 0.3 is 179 Å². The van der Waals surface area contributed by atoms with Gasteiger partial charge in [0, 0.05) is 0 Å². The number of alkyl halides is 3. The van der Waals surface area contributed by atoms with Crippen LogP contribution in [0.2, 0.25) is 0 Å². The van der Waals surface area contributed by atoms with Crippen molar-refractivity contribution in [2.45, 2.75) is 92.4 Å². The molecule has 0 amide bonds. The van der Waals surface area contributed by atoms with E-state index in [0.717, 1.165) is 53.3 Å². The predicted molar refractivity (Wildman–Crippen MR) is 131 cm³/mol. The van der Waals surface area contributed by atoms with Gasteiger partial charge in [-0.05, 0) is 0 Å². The number of hydrogen-bond acceptors (Lipinski definition) is 0. The summed E-state index contributed by atoms with van der Waals surface area (Å²) >= 11 is -0.636. The van der Waals surface area contributed by atoms with Crippen LogP contribution in [-0.2, 0) is 0 Å². The summed E-state index contributed by atoms with van der Waals surface area (Å²) in [4.78, 5) is 2.71. The van der Waals surface area contributed by atoms with E-state index in [1.165, 1.54) is 32.1 Å². The molecule has 3 aliphatic rings. The molecule has 3 fully saturated rings. The molecule has 0 aromatic carbocycles. The first kappa shape index (κ1) is 22.4. The molecule has 1 heteroatoms. The van der Waals surface area contributed by atoms with Crippen LogP contribution in [0.5, 0.6) is 0 Å². The van der Waals surface area contributed by atoms with Crippen LogP contribution in [0, 0.1) is 53.3 Å². The third kappa shape index (κ3) is 5.46. The standard InChI is InChI=1S/C26H49I/c1-18(2)20(4)24(15-19(3)22-11-8-7-9-12-22)25-16-23-13-10-14-27(6)17-26(25)21(23)5/h18-26H,7-17H2,1-6H3. The number of hydrogen-bond donors (Lipinski definition) is 0. The van der Waals surface area contributed by atoms with Crippen LogP contribution in [0.1, 0.15) is 92.4 Å². The summed E-state index contributed by atoms with van der Waals surface area (Å²) in [5.41, 5.74) is 0. The van der Waals surface area contributed by atoms with E-state index >= 15 is 0 Å². The van der Waals surface area contributed by atoms with E-state index in [1.54, 1.807) is 34.5 Å². The Balaban J connectivity index is 1.77. The Labute approximate surface area is 178 Å². The van der Waals surface area contributed by atoms with Gasteiger partial charge in [-0.25, -0.2) is 0 Å². The second-order valence-corrected chi connectivity index (χ2v) is 17.4. The Hall–Kier alpha value is 0.730. The summed E-state index contributed by atoms with van der Waals surface area (Å²) in [7, 11) is 0. The van der Waals surface area contributed by atoms with Crippen molar-refractivity contribution in [3.05, 3.63) is 0 Å². The van der Waals surface area contributed by atoms with Crippen molar-refractivity contribution in [3.63, 3.8) is 0 Å². The molecule has 1 aliphatic heterocycles. The Morgan fingerprint density at radius 3 is 2.30 bits per heavy atom. The first-order valence-corrected chi connectivity index (χ1v) is 17.6. The molecule has 0 aromatic heterocycles. The summed E-state index contributed by atoms with van der Waals surface area (Å²) in [5, 5.41) is 0. The van der Waals surface area contributed by atoms with Crippen LogP contribution >= 0.6 is 19.8 Å². The molecule has 7 unspecified atom stereocenters. The Bertz CT molecular complexity index is 437. The molecule has 0 spiro atoms. The van der Waals surface area contributed by atoms with Gasteiger partial charge in [-0.3, -0.25) is 0 Å². The zero-order valence-corrected chi connectivity index (χ0v) is 21.5. The molecular weight excluding hydrogens is 439 g/mol. The first-order chi connectivity index (χ1) is 12.9. The molecule has 27 heavy (non-hydrogen) atoms. The average Bonchev–Trinajstić information content (AvgIpc) is 2.98. The molecule has 1 saturated heterocycles. The molecule has 2 bridgehead atoms. The average molecular weight is 489 g/mol. The van der Waals surface area contributed by atoms with Crippen LogP contribution in [0.4, 0.5) is 0 Å². The van der Waals surface area contributed by atoms with Gasteiger partial charge in [0.25, 0.3) is 0 Å². The molecule has 0 nitrogen and oxygen atoms in total. The van der Waals surface area contributed by atoms with E-state index < -0.39 is 19.8 Å². The van der Waals surface area contributed by atoms with E-state index in [-0.39, 0.29) is 0 Å². The molecule has 3 rings (SSSR count). The van der Waals surface area contributed by atoms with E-state index in [9.17, 15) is 0 Å². The van der Waals surface area contributed by atoms with Crippen molar-refractivity contribution in [1.29, 1.82) is 0 Å². The van der Waals surface area contributed by atoms with Gasteiger partial charge < -0.3 is 0 Å². The fourth-order valence-corrected chi connectivity index (χ4v) is 12.5. The Morgan fingerprint density at radius 1 is 0.926 bits per heavy atom. The molecule has 160 valence electrons. The van der Waals surface area contributed by atoms with Gasteiger partial charge in [0.15, 0.2) is 0 Å². The fourth-order valence-electron chi connectivity index (χ4n) is 7.15. The maximum atomic E-state index is 2.71. The van der Waals surface area contributed by atoms with Gasteiger partial charge in [-0.15, -0.1) is 0 Å². The van der Waals surface area contributed by atoms with Gasteiger partial charge in [0.1, 0.15) is 0 Å². The van der Waals surface area contributed by atoms with Crippen molar-refractivity contribution < 1.29 is 0 Å². The van der Waals surface area contributed by atoms with Crippen molar-refractivity contribution in [2.75, 3.05) is 13.8 Å². The van der Waals surface area contributed by atoms with Crippen molar-refractivity contribution >= 4 is 19.8 Å². The van der Waals surface area contributed by atoms with Crippen LogP contribution in [0.15, 0.2) is 0 Å². The topological polar surface area (TPSA) is 0 Å². The first-order valence-electron chi connectivity index (χ1n) is 12.4. The van der Waals surface area contributed by atoms with E-state index in [4.69, 9.17) is 0 Å². The van der Waals surface area contributed by atoms with Crippen molar-refractivity contribution in [1.82, 2.24) is 0 Å². The zero-order valence-electron chi connectivity index (χ0n) is 19.4. The van der Waals surface area contributed by atoms with E-state index in [2.05, 4.69) is 39.5 Å². The third-order valence-corrected chi connectivity index (χ3v) is 14.5. The van der Waals surface area contributed by atoms with Gasteiger partial charge in [0.05, 0.1) is 0 Å². The van der Waals surface area contributed by atoms with Crippen molar-refractivity contribution in [2.24, 2.45) is 53.3 Å². The second kappa shape index (κ2) is 10.2. The van der Waals surface area contributed by atoms with Crippen LogP contribution in [-0.4, -0.2) is 13.8 Å². The SMILES string of the molecule is CC(C)C(C)C(CC(C)C1CCCCC1)C1CC2CCCI(C)CC1C2C. The number of rotatable bonds is 6. The van der Waals surface area contributed by atoms with Crippen LogP contribution in [0.25, 0.3) is 0 Å². The van der Waals surface area contributed by atoms with Crippen LogP contribution < -0.4 is 0 Å². The molecule has 0 aromatic rings. The minimum atomic E-state index is -0.636.